The minimum absolute atomic E-state index is 0. The fraction of sp³-hybridized carbons (Fsp3) is 0.500. The molecular weight excluding hydrogens is 209 g/mol. The Morgan fingerprint density at radius 3 is 2.75 bits per heavy atom. The molecule has 12 heavy (non-hydrogen) atoms. The van der Waals surface area contributed by atoms with Gasteiger partial charge in [0.1, 0.15) is 5.82 Å². The molecule has 6 heteroatoms. The molecule has 1 aromatic heterocycles. The largest absolute Gasteiger partial charge is 0.328 e. The van der Waals surface area contributed by atoms with E-state index in [1.54, 1.807) is 0 Å². The van der Waals surface area contributed by atoms with Crippen LogP contribution < -0.4 is 0 Å². The number of hydrogen-bond acceptors (Lipinski definition) is 1. The fourth-order valence-corrected chi connectivity index (χ4v) is 1.01. The summed E-state index contributed by atoms with van der Waals surface area (Å²) < 4.78 is 25.0. The number of halogens is 4. The molecule has 0 amide bonds. The molecule has 0 unspecified atom stereocenters. The minimum atomic E-state index is -2.36. The van der Waals surface area contributed by atoms with Gasteiger partial charge in [0.25, 0.3) is 6.43 Å². The zero-order chi connectivity index (χ0) is 8.27. The average Bonchev–Trinajstić information content (AvgIpc) is 2.34. The first-order valence-corrected chi connectivity index (χ1v) is 3.61. The molecule has 1 rings (SSSR count). The van der Waals surface area contributed by atoms with E-state index in [1.807, 2.05) is 0 Å². The van der Waals surface area contributed by atoms with Crippen molar-refractivity contribution >= 4 is 24.0 Å². The highest BCUT2D eigenvalue weighted by Gasteiger charge is 2.06. The molecule has 0 aromatic carbocycles. The van der Waals surface area contributed by atoms with E-state index >= 15 is 0 Å². The number of hydrogen-bond donors (Lipinski definition) is 0. The Balaban J connectivity index is 0.00000121. The molecule has 0 fully saturated rings. The van der Waals surface area contributed by atoms with Gasteiger partial charge in [0, 0.05) is 12.4 Å². The van der Waals surface area contributed by atoms with Crippen LogP contribution in [0, 0.1) is 0 Å². The summed E-state index contributed by atoms with van der Waals surface area (Å²) in [5.41, 5.74) is 0. The molecule has 0 aliphatic carbocycles. The van der Waals surface area contributed by atoms with Crippen LogP contribution in [0.3, 0.4) is 0 Å². The molecule has 2 nitrogen and oxygen atoms in total. The second-order valence-corrected chi connectivity index (χ2v) is 2.29. The van der Waals surface area contributed by atoms with Gasteiger partial charge in [-0.1, -0.05) is 0 Å². The molecule has 0 radical (unpaired) electrons. The number of imidazole rings is 1. The van der Waals surface area contributed by atoms with E-state index in [1.165, 1.54) is 17.0 Å². The van der Waals surface area contributed by atoms with Crippen LogP contribution in [0.25, 0.3) is 0 Å². The lowest BCUT2D eigenvalue weighted by Gasteiger charge is -2.03. The van der Waals surface area contributed by atoms with Crippen molar-refractivity contribution in [3.05, 3.63) is 18.2 Å². The molecule has 1 aromatic rings. The van der Waals surface area contributed by atoms with Crippen molar-refractivity contribution in [3.8, 4) is 0 Å². The van der Waals surface area contributed by atoms with Gasteiger partial charge >= 0.3 is 0 Å². The van der Waals surface area contributed by atoms with E-state index in [4.69, 9.17) is 11.6 Å². The van der Waals surface area contributed by atoms with Gasteiger partial charge in [-0.3, -0.25) is 0 Å². The Labute approximate surface area is 80.0 Å². The van der Waals surface area contributed by atoms with Crippen molar-refractivity contribution in [1.29, 1.82) is 0 Å². The van der Waals surface area contributed by atoms with Crippen molar-refractivity contribution in [2.24, 2.45) is 0 Å². The molecule has 0 spiro atoms. The molecule has 1 heterocycles. The van der Waals surface area contributed by atoms with Crippen LogP contribution >= 0.6 is 24.0 Å². The first kappa shape index (κ1) is 11.6. The summed E-state index contributed by atoms with van der Waals surface area (Å²) in [4.78, 5) is 3.79. The van der Waals surface area contributed by atoms with Crippen LogP contribution in [0.2, 0.25) is 0 Å². The van der Waals surface area contributed by atoms with E-state index in [0.717, 1.165) is 0 Å². The normalized spacial score (nSPS) is 10.0. The highest BCUT2D eigenvalue weighted by atomic mass is 35.5. The fourth-order valence-electron chi connectivity index (χ4n) is 0.786. The topological polar surface area (TPSA) is 17.8 Å². The lowest BCUT2D eigenvalue weighted by Crippen LogP contribution is -2.08. The number of aromatic nitrogens is 2. The van der Waals surface area contributed by atoms with Crippen LogP contribution in [0.15, 0.2) is 12.4 Å². The molecule has 0 aliphatic heterocycles. The van der Waals surface area contributed by atoms with Gasteiger partial charge < -0.3 is 4.57 Å². The molecule has 0 saturated heterocycles. The molecule has 0 aliphatic rings. The van der Waals surface area contributed by atoms with Crippen LogP contribution in [-0.2, 0) is 12.4 Å². The first-order chi connectivity index (χ1) is 5.24. The van der Waals surface area contributed by atoms with Crippen LogP contribution in [0.4, 0.5) is 8.78 Å². The number of nitrogens with zero attached hydrogens (tertiary/aromatic N) is 2. The standard InChI is InChI=1S/C6H7ClF2N2.ClH/c7-3-6-10-1-2-11(6)4-5(8)9;/h1-2,5H,3-4H2;1H. The van der Waals surface area contributed by atoms with Gasteiger partial charge in [-0.25, -0.2) is 13.8 Å². The Kier molecular flexibility index (Phi) is 5.17. The smallest absolute Gasteiger partial charge is 0.256 e. The second-order valence-electron chi connectivity index (χ2n) is 2.02. The highest BCUT2D eigenvalue weighted by molar-refractivity contribution is 6.16. The van der Waals surface area contributed by atoms with Gasteiger partial charge in [0.05, 0.1) is 12.4 Å². The predicted molar refractivity (Wildman–Crippen MR) is 45.0 cm³/mol. The van der Waals surface area contributed by atoms with E-state index in [0.29, 0.717) is 5.82 Å². The third-order valence-corrected chi connectivity index (χ3v) is 1.49. The quantitative estimate of drug-likeness (QED) is 0.710. The van der Waals surface area contributed by atoms with Crippen molar-refractivity contribution in [2.45, 2.75) is 18.9 Å². The summed E-state index contributed by atoms with van der Waals surface area (Å²) >= 11 is 5.43. The average molecular weight is 217 g/mol. The monoisotopic (exact) mass is 216 g/mol. The minimum Gasteiger partial charge on any atom is -0.328 e. The molecule has 0 bridgehead atoms. The van der Waals surface area contributed by atoms with Crippen LogP contribution in [0.1, 0.15) is 5.82 Å². The van der Waals surface area contributed by atoms with E-state index < -0.39 is 6.43 Å². The van der Waals surface area contributed by atoms with E-state index in [2.05, 4.69) is 4.98 Å². The Morgan fingerprint density at radius 1 is 1.58 bits per heavy atom. The summed E-state index contributed by atoms with van der Waals surface area (Å²) in [6.45, 7) is -0.331. The lowest BCUT2D eigenvalue weighted by molar-refractivity contribution is 0.125. The van der Waals surface area contributed by atoms with E-state index in [9.17, 15) is 8.78 Å². The second kappa shape index (κ2) is 5.32. The third-order valence-electron chi connectivity index (χ3n) is 1.26. The maximum atomic E-state index is 11.8. The van der Waals surface area contributed by atoms with E-state index in [-0.39, 0.29) is 24.8 Å². The van der Waals surface area contributed by atoms with Gasteiger partial charge in [0.2, 0.25) is 0 Å². The van der Waals surface area contributed by atoms with Crippen LogP contribution in [0.5, 0.6) is 0 Å². The van der Waals surface area contributed by atoms with Crippen molar-refractivity contribution in [3.63, 3.8) is 0 Å². The first-order valence-electron chi connectivity index (χ1n) is 3.08. The molecule has 0 atom stereocenters. The maximum Gasteiger partial charge on any atom is 0.256 e. The SMILES string of the molecule is Cl.FC(F)Cn1ccnc1CCl. The summed E-state index contributed by atoms with van der Waals surface area (Å²) in [5, 5.41) is 0. The van der Waals surface area contributed by atoms with Gasteiger partial charge in [-0.15, -0.1) is 24.0 Å². The molecule has 70 valence electrons. The van der Waals surface area contributed by atoms with Gasteiger partial charge in [-0.05, 0) is 0 Å². The summed E-state index contributed by atoms with van der Waals surface area (Å²) in [7, 11) is 0. The Morgan fingerprint density at radius 2 is 2.25 bits per heavy atom. The molecule has 0 saturated carbocycles. The number of rotatable bonds is 3. The zero-order valence-corrected chi connectivity index (χ0v) is 7.66. The summed E-state index contributed by atoms with van der Waals surface area (Å²) in [6, 6.07) is 0. The Bertz CT molecular complexity index is 227. The summed E-state index contributed by atoms with van der Waals surface area (Å²) in [6.07, 6.45) is 0.593. The molecular formula is C6H8Cl2F2N2. The highest BCUT2D eigenvalue weighted by Crippen LogP contribution is 2.04. The lowest BCUT2D eigenvalue weighted by atomic mass is 10.6. The van der Waals surface area contributed by atoms with Gasteiger partial charge in [-0.2, -0.15) is 0 Å². The molecule has 0 N–H and O–H groups in total. The zero-order valence-electron chi connectivity index (χ0n) is 6.08. The Hall–Kier alpha value is -0.350. The number of alkyl halides is 3. The van der Waals surface area contributed by atoms with Crippen LogP contribution in [-0.4, -0.2) is 16.0 Å². The predicted octanol–water partition coefficient (Wildman–Crippen LogP) is 2.31. The van der Waals surface area contributed by atoms with Crippen molar-refractivity contribution in [1.82, 2.24) is 9.55 Å². The van der Waals surface area contributed by atoms with Crippen molar-refractivity contribution < 1.29 is 8.78 Å². The van der Waals surface area contributed by atoms with Gasteiger partial charge in [0.15, 0.2) is 0 Å². The van der Waals surface area contributed by atoms with Crippen molar-refractivity contribution in [2.75, 3.05) is 0 Å². The maximum absolute atomic E-state index is 11.8. The third kappa shape index (κ3) is 2.95. The summed E-state index contributed by atoms with van der Waals surface area (Å²) in [5.74, 6) is 0.645.